The lowest BCUT2D eigenvalue weighted by atomic mass is 10.1. The Morgan fingerprint density at radius 1 is 1.71 bits per heavy atom. The molecule has 0 heterocycles. The van der Waals surface area contributed by atoms with Crippen LogP contribution in [-0.2, 0) is 4.79 Å². The van der Waals surface area contributed by atoms with Crippen molar-refractivity contribution in [2.45, 2.75) is 19.4 Å². The van der Waals surface area contributed by atoms with Gasteiger partial charge in [-0.3, -0.25) is 0 Å². The SMILES string of the molecule is C=CCC(Nc1ccc(C#N)c(C)c1)C(=O)O. The molecule has 0 aliphatic heterocycles. The van der Waals surface area contributed by atoms with Crippen LogP contribution in [0.1, 0.15) is 17.5 Å². The van der Waals surface area contributed by atoms with E-state index >= 15 is 0 Å². The van der Waals surface area contributed by atoms with Gasteiger partial charge in [-0.25, -0.2) is 4.79 Å². The summed E-state index contributed by atoms with van der Waals surface area (Å²) in [5, 5.41) is 20.7. The van der Waals surface area contributed by atoms with Crippen LogP contribution in [0.3, 0.4) is 0 Å². The van der Waals surface area contributed by atoms with E-state index in [2.05, 4.69) is 18.0 Å². The van der Waals surface area contributed by atoms with Crippen molar-refractivity contribution in [2.24, 2.45) is 0 Å². The van der Waals surface area contributed by atoms with Crippen LogP contribution in [0.25, 0.3) is 0 Å². The first-order valence-electron chi connectivity index (χ1n) is 5.19. The zero-order chi connectivity index (χ0) is 12.8. The van der Waals surface area contributed by atoms with Crippen molar-refractivity contribution in [3.8, 4) is 6.07 Å². The number of carboxylic acids is 1. The van der Waals surface area contributed by atoms with E-state index in [9.17, 15) is 4.79 Å². The third-order valence-electron chi connectivity index (χ3n) is 2.39. The average molecular weight is 230 g/mol. The first-order valence-corrected chi connectivity index (χ1v) is 5.19. The maximum absolute atomic E-state index is 10.9. The van der Waals surface area contributed by atoms with E-state index in [1.807, 2.05) is 6.92 Å². The van der Waals surface area contributed by atoms with Crippen LogP contribution in [0.15, 0.2) is 30.9 Å². The number of rotatable bonds is 5. The Balaban J connectivity index is 2.87. The van der Waals surface area contributed by atoms with E-state index in [0.29, 0.717) is 17.7 Å². The minimum Gasteiger partial charge on any atom is -0.480 e. The monoisotopic (exact) mass is 230 g/mol. The van der Waals surface area contributed by atoms with E-state index in [1.54, 1.807) is 24.3 Å². The summed E-state index contributed by atoms with van der Waals surface area (Å²) in [6.45, 7) is 5.34. The smallest absolute Gasteiger partial charge is 0.326 e. The molecule has 1 aromatic carbocycles. The number of carboxylic acid groups (broad SMARTS) is 1. The Morgan fingerprint density at radius 2 is 2.41 bits per heavy atom. The minimum absolute atomic E-state index is 0.342. The lowest BCUT2D eigenvalue weighted by Gasteiger charge is -2.14. The first kappa shape index (κ1) is 12.8. The normalized spacial score (nSPS) is 11.3. The van der Waals surface area contributed by atoms with Crippen molar-refractivity contribution in [3.05, 3.63) is 42.0 Å². The zero-order valence-corrected chi connectivity index (χ0v) is 9.60. The summed E-state index contributed by atoms with van der Waals surface area (Å²) in [5.41, 5.74) is 2.10. The molecule has 1 unspecified atom stereocenters. The maximum atomic E-state index is 10.9. The van der Waals surface area contributed by atoms with Gasteiger partial charge in [-0.1, -0.05) is 6.08 Å². The molecule has 88 valence electrons. The number of nitrogens with one attached hydrogen (secondary N) is 1. The van der Waals surface area contributed by atoms with Crippen LogP contribution >= 0.6 is 0 Å². The highest BCUT2D eigenvalue weighted by Crippen LogP contribution is 2.16. The molecule has 0 spiro atoms. The second-order valence-electron chi connectivity index (χ2n) is 3.70. The fourth-order valence-electron chi connectivity index (χ4n) is 1.47. The first-order chi connectivity index (χ1) is 8.08. The lowest BCUT2D eigenvalue weighted by Crippen LogP contribution is -2.28. The summed E-state index contributed by atoms with van der Waals surface area (Å²) in [5.74, 6) is -0.924. The van der Waals surface area contributed by atoms with Gasteiger partial charge in [-0.15, -0.1) is 6.58 Å². The Morgan fingerprint density at radius 3 is 2.88 bits per heavy atom. The minimum atomic E-state index is -0.924. The third kappa shape index (κ3) is 3.35. The summed E-state index contributed by atoms with van der Waals surface area (Å²) in [7, 11) is 0. The molecule has 1 aromatic rings. The molecular weight excluding hydrogens is 216 g/mol. The molecule has 0 bridgehead atoms. The maximum Gasteiger partial charge on any atom is 0.326 e. The number of anilines is 1. The lowest BCUT2D eigenvalue weighted by molar-refractivity contribution is -0.137. The van der Waals surface area contributed by atoms with Gasteiger partial charge in [0.05, 0.1) is 11.6 Å². The molecule has 0 radical (unpaired) electrons. The Labute approximate surface area is 100 Å². The van der Waals surface area contributed by atoms with Crippen molar-refractivity contribution < 1.29 is 9.90 Å². The molecule has 0 aliphatic rings. The van der Waals surface area contributed by atoms with E-state index in [-0.39, 0.29) is 0 Å². The van der Waals surface area contributed by atoms with Crippen LogP contribution in [0, 0.1) is 18.3 Å². The molecule has 1 rings (SSSR count). The van der Waals surface area contributed by atoms with Crippen molar-refractivity contribution >= 4 is 11.7 Å². The largest absolute Gasteiger partial charge is 0.480 e. The number of carbonyl (C=O) groups is 1. The third-order valence-corrected chi connectivity index (χ3v) is 2.39. The Kier molecular flexibility index (Phi) is 4.29. The van der Waals surface area contributed by atoms with Gasteiger partial charge in [-0.2, -0.15) is 5.26 Å². The van der Waals surface area contributed by atoms with Crippen LogP contribution in [0.2, 0.25) is 0 Å². The molecule has 0 amide bonds. The molecular formula is C13H14N2O2. The standard InChI is InChI=1S/C13H14N2O2/c1-3-4-12(13(16)17)15-11-6-5-10(8-14)9(2)7-11/h3,5-7,12,15H,1,4H2,2H3,(H,16,17). The average Bonchev–Trinajstić information content (AvgIpc) is 2.28. The number of nitrogens with zero attached hydrogens (tertiary/aromatic N) is 1. The molecule has 0 saturated carbocycles. The van der Waals surface area contributed by atoms with Crippen molar-refractivity contribution in [1.29, 1.82) is 5.26 Å². The van der Waals surface area contributed by atoms with E-state index in [1.165, 1.54) is 0 Å². The molecule has 17 heavy (non-hydrogen) atoms. The number of aryl methyl sites for hydroxylation is 1. The predicted octanol–water partition coefficient (Wildman–Crippen LogP) is 2.31. The number of hydrogen-bond donors (Lipinski definition) is 2. The molecule has 4 heteroatoms. The van der Waals surface area contributed by atoms with Crippen LogP contribution in [-0.4, -0.2) is 17.1 Å². The van der Waals surface area contributed by atoms with Gasteiger partial charge in [0.1, 0.15) is 6.04 Å². The second kappa shape index (κ2) is 5.71. The Hall–Kier alpha value is -2.28. The second-order valence-corrected chi connectivity index (χ2v) is 3.70. The van der Waals surface area contributed by atoms with Crippen LogP contribution in [0.4, 0.5) is 5.69 Å². The van der Waals surface area contributed by atoms with Crippen molar-refractivity contribution in [2.75, 3.05) is 5.32 Å². The Bertz CT molecular complexity index is 475. The predicted molar refractivity (Wildman–Crippen MR) is 65.8 cm³/mol. The molecule has 0 fully saturated rings. The van der Waals surface area contributed by atoms with Crippen LogP contribution < -0.4 is 5.32 Å². The highest BCUT2D eigenvalue weighted by atomic mass is 16.4. The molecule has 2 N–H and O–H groups in total. The quantitative estimate of drug-likeness (QED) is 0.761. The van der Waals surface area contributed by atoms with Gasteiger partial charge in [0.2, 0.25) is 0 Å². The molecule has 1 atom stereocenters. The van der Waals surface area contributed by atoms with Gasteiger partial charge in [0.15, 0.2) is 0 Å². The molecule has 0 aromatic heterocycles. The van der Waals surface area contributed by atoms with Gasteiger partial charge >= 0.3 is 5.97 Å². The summed E-state index contributed by atoms with van der Waals surface area (Å²) in [4.78, 5) is 10.9. The van der Waals surface area contributed by atoms with E-state index in [4.69, 9.17) is 10.4 Å². The fourth-order valence-corrected chi connectivity index (χ4v) is 1.47. The van der Waals surface area contributed by atoms with Crippen molar-refractivity contribution in [1.82, 2.24) is 0 Å². The zero-order valence-electron chi connectivity index (χ0n) is 9.60. The van der Waals surface area contributed by atoms with E-state index < -0.39 is 12.0 Å². The number of aliphatic carboxylic acids is 1. The molecule has 0 aliphatic carbocycles. The van der Waals surface area contributed by atoms with E-state index in [0.717, 1.165) is 5.56 Å². The number of hydrogen-bond acceptors (Lipinski definition) is 3. The number of benzene rings is 1. The van der Waals surface area contributed by atoms with Gasteiger partial charge < -0.3 is 10.4 Å². The molecule has 4 nitrogen and oxygen atoms in total. The topological polar surface area (TPSA) is 73.1 Å². The summed E-state index contributed by atoms with van der Waals surface area (Å²) >= 11 is 0. The number of nitriles is 1. The summed E-state index contributed by atoms with van der Waals surface area (Å²) in [6, 6.07) is 6.50. The summed E-state index contributed by atoms with van der Waals surface area (Å²) < 4.78 is 0. The fraction of sp³-hybridized carbons (Fsp3) is 0.231. The highest BCUT2D eigenvalue weighted by molar-refractivity contribution is 5.77. The van der Waals surface area contributed by atoms with Gasteiger partial charge in [0, 0.05) is 5.69 Å². The van der Waals surface area contributed by atoms with Gasteiger partial charge in [0.25, 0.3) is 0 Å². The summed E-state index contributed by atoms with van der Waals surface area (Å²) in [6.07, 6.45) is 1.90. The molecule has 0 saturated heterocycles. The highest BCUT2D eigenvalue weighted by Gasteiger charge is 2.15. The van der Waals surface area contributed by atoms with Crippen LogP contribution in [0.5, 0.6) is 0 Å². The van der Waals surface area contributed by atoms with Crippen molar-refractivity contribution in [3.63, 3.8) is 0 Å². The van der Waals surface area contributed by atoms with Gasteiger partial charge in [-0.05, 0) is 37.1 Å².